The van der Waals surface area contributed by atoms with Crippen molar-refractivity contribution in [3.63, 3.8) is 0 Å². The molecule has 0 unspecified atom stereocenters. The summed E-state index contributed by atoms with van der Waals surface area (Å²) in [4.78, 5) is 0. The van der Waals surface area contributed by atoms with Crippen molar-refractivity contribution in [3.8, 4) is 5.75 Å². The highest BCUT2D eigenvalue weighted by atomic mass is 35.5. The third-order valence-electron chi connectivity index (χ3n) is 3.20. The third-order valence-corrected chi connectivity index (χ3v) is 7.75. The van der Waals surface area contributed by atoms with Gasteiger partial charge in [-0.25, -0.2) is 4.39 Å². The molecule has 0 radical (unpaired) electrons. The first-order valence-corrected chi connectivity index (χ1v) is 8.77. The van der Waals surface area contributed by atoms with E-state index in [2.05, 4.69) is 20.8 Å². The van der Waals surface area contributed by atoms with Gasteiger partial charge in [0.2, 0.25) is 0 Å². The van der Waals surface area contributed by atoms with Gasteiger partial charge in [-0.2, -0.15) is 0 Å². The number of nitrogens with two attached hydrogens (primary N) is 1. The lowest BCUT2D eigenvalue weighted by molar-refractivity contribution is 0.459. The minimum Gasteiger partial charge on any atom is -0.540 e. The topological polar surface area (TPSA) is 35.2 Å². The monoisotopic (exact) mass is 275 g/mol. The average Bonchev–Trinajstić information content (AvgIpc) is 2.09. The summed E-state index contributed by atoms with van der Waals surface area (Å²) in [5, 5.41) is 0.272. The van der Waals surface area contributed by atoms with Crippen LogP contribution in [0.2, 0.25) is 23.2 Å². The largest absolute Gasteiger partial charge is 0.540 e. The van der Waals surface area contributed by atoms with E-state index in [-0.39, 0.29) is 21.5 Å². The normalized spacial score (nSPS) is 12.6. The molecule has 1 rings (SSSR count). The Morgan fingerprint density at radius 2 is 1.82 bits per heavy atom. The van der Waals surface area contributed by atoms with Gasteiger partial charge in [-0.3, -0.25) is 0 Å². The molecule has 0 fully saturated rings. The zero-order valence-electron chi connectivity index (χ0n) is 10.9. The van der Waals surface area contributed by atoms with E-state index in [1.165, 1.54) is 12.1 Å². The average molecular weight is 276 g/mol. The fourth-order valence-electron chi connectivity index (χ4n) is 1.10. The molecule has 0 bridgehead atoms. The van der Waals surface area contributed by atoms with Gasteiger partial charge in [0.1, 0.15) is 0 Å². The summed E-state index contributed by atoms with van der Waals surface area (Å²) in [5.74, 6) is -0.374. The molecule has 1 aromatic rings. The van der Waals surface area contributed by atoms with E-state index in [0.717, 1.165) is 0 Å². The maximum atomic E-state index is 13.8. The smallest absolute Gasteiger partial charge is 0.250 e. The van der Waals surface area contributed by atoms with Gasteiger partial charge in [0.25, 0.3) is 8.32 Å². The van der Waals surface area contributed by atoms with E-state index >= 15 is 0 Å². The molecule has 0 aromatic heterocycles. The molecule has 2 nitrogen and oxygen atoms in total. The highest BCUT2D eigenvalue weighted by Crippen LogP contribution is 2.40. The number of hydrogen-bond donors (Lipinski definition) is 1. The van der Waals surface area contributed by atoms with E-state index in [9.17, 15) is 4.39 Å². The second-order valence-electron chi connectivity index (χ2n) is 5.67. The third kappa shape index (κ3) is 3.13. The number of anilines is 1. The van der Waals surface area contributed by atoms with Crippen LogP contribution in [-0.4, -0.2) is 8.32 Å². The maximum Gasteiger partial charge on any atom is 0.250 e. The van der Waals surface area contributed by atoms with Gasteiger partial charge in [0.05, 0.1) is 5.69 Å². The van der Waals surface area contributed by atoms with Crippen LogP contribution < -0.4 is 10.2 Å². The number of hydrogen-bond acceptors (Lipinski definition) is 2. The number of nitrogen functional groups attached to an aromatic ring is 1. The van der Waals surface area contributed by atoms with E-state index in [0.29, 0.717) is 0 Å². The van der Waals surface area contributed by atoms with Crippen molar-refractivity contribution in [2.75, 3.05) is 5.73 Å². The molecule has 0 heterocycles. The zero-order valence-corrected chi connectivity index (χ0v) is 12.7. The number of rotatable bonds is 2. The molecule has 0 saturated carbocycles. The van der Waals surface area contributed by atoms with Gasteiger partial charge in [-0.1, -0.05) is 32.4 Å². The first-order valence-electron chi connectivity index (χ1n) is 5.48. The Morgan fingerprint density at radius 3 is 2.24 bits per heavy atom. The molecule has 17 heavy (non-hydrogen) atoms. The summed E-state index contributed by atoms with van der Waals surface area (Å²) in [5.41, 5.74) is 6.00. The molecule has 0 saturated heterocycles. The van der Waals surface area contributed by atoms with Crippen LogP contribution in [0, 0.1) is 5.82 Å². The van der Waals surface area contributed by atoms with Crippen LogP contribution in [0.3, 0.4) is 0 Å². The Morgan fingerprint density at radius 1 is 1.29 bits per heavy atom. The summed E-state index contributed by atoms with van der Waals surface area (Å²) in [6, 6.07) is 2.73. The molecule has 96 valence electrons. The minimum atomic E-state index is -2.09. The molecule has 0 amide bonds. The molecule has 0 atom stereocenters. The van der Waals surface area contributed by atoms with E-state index in [1.54, 1.807) is 0 Å². The molecule has 2 N–H and O–H groups in total. The molecular formula is C12H19ClFNOSi. The maximum absolute atomic E-state index is 13.8. The predicted molar refractivity (Wildman–Crippen MR) is 73.6 cm³/mol. The van der Waals surface area contributed by atoms with Crippen molar-refractivity contribution in [1.29, 1.82) is 0 Å². The van der Waals surface area contributed by atoms with Gasteiger partial charge in [-0.05, 0) is 30.3 Å². The summed E-state index contributed by atoms with van der Waals surface area (Å²) in [7, 11) is -2.09. The van der Waals surface area contributed by atoms with Crippen LogP contribution in [0.25, 0.3) is 0 Å². The van der Waals surface area contributed by atoms with Gasteiger partial charge >= 0.3 is 0 Å². The Hall–Kier alpha value is -0.743. The standard InChI is InChI=1S/C12H19ClFNOSi/c1-12(2,3)17(4,5)16-11-9(14)6-8(13)7-10(11)15/h6-7H,15H2,1-5H3. The summed E-state index contributed by atoms with van der Waals surface area (Å²) in [6.45, 7) is 10.3. The van der Waals surface area contributed by atoms with Gasteiger partial charge in [0, 0.05) is 5.02 Å². The van der Waals surface area contributed by atoms with E-state index in [4.69, 9.17) is 21.8 Å². The van der Waals surface area contributed by atoms with Crippen LogP contribution in [-0.2, 0) is 0 Å². The van der Waals surface area contributed by atoms with Crippen LogP contribution in [0.4, 0.5) is 10.1 Å². The van der Waals surface area contributed by atoms with Crippen molar-refractivity contribution in [2.24, 2.45) is 0 Å². The minimum absolute atomic E-state index is 0.00842. The fourth-order valence-corrected chi connectivity index (χ4v) is 2.34. The van der Waals surface area contributed by atoms with Crippen LogP contribution in [0.1, 0.15) is 20.8 Å². The van der Waals surface area contributed by atoms with Gasteiger partial charge < -0.3 is 10.2 Å². The van der Waals surface area contributed by atoms with E-state index in [1.807, 2.05) is 13.1 Å². The van der Waals surface area contributed by atoms with Crippen LogP contribution >= 0.6 is 11.6 Å². The van der Waals surface area contributed by atoms with Crippen LogP contribution in [0.15, 0.2) is 12.1 Å². The zero-order chi connectivity index (χ0) is 13.4. The lowest BCUT2D eigenvalue weighted by Gasteiger charge is -2.36. The SMILES string of the molecule is CC(C)(C)[Si](C)(C)Oc1c(N)cc(Cl)cc1F. The summed E-state index contributed by atoms with van der Waals surface area (Å²) in [6.07, 6.45) is 0. The quantitative estimate of drug-likeness (QED) is 0.639. The Balaban J connectivity index is 3.13. The fraction of sp³-hybridized carbons (Fsp3) is 0.500. The van der Waals surface area contributed by atoms with Crippen molar-refractivity contribution in [1.82, 2.24) is 0 Å². The molecule has 0 aliphatic heterocycles. The predicted octanol–water partition coefficient (Wildman–Crippen LogP) is 4.45. The van der Waals surface area contributed by atoms with Crippen molar-refractivity contribution >= 4 is 25.6 Å². The number of benzene rings is 1. The van der Waals surface area contributed by atoms with Crippen molar-refractivity contribution in [2.45, 2.75) is 38.9 Å². The van der Waals surface area contributed by atoms with Gasteiger partial charge in [0.15, 0.2) is 11.6 Å². The highest BCUT2D eigenvalue weighted by Gasteiger charge is 2.39. The molecular weight excluding hydrogens is 257 g/mol. The lowest BCUT2D eigenvalue weighted by atomic mass is 10.2. The summed E-state index contributed by atoms with van der Waals surface area (Å²) >= 11 is 5.72. The van der Waals surface area contributed by atoms with Crippen LogP contribution in [0.5, 0.6) is 5.75 Å². The Labute approximate surface area is 108 Å². The Kier molecular flexibility index (Phi) is 3.79. The van der Waals surface area contributed by atoms with E-state index < -0.39 is 14.1 Å². The van der Waals surface area contributed by atoms with Crippen molar-refractivity contribution < 1.29 is 8.82 Å². The molecule has 0 spiro atoms. The molecule has 1 aromatic carbocycles. The van der Waals surface area contributed by atoms with Crippen molar-refractivity contribution in [3.05, 3.63) is 23.0 Å². The van der Waals surface area contributed by atoms with Gasteiger partial charge in [-0.15, -0.1) is 0 Å². The summed E-state index contributed by atoms with van der Waals surface area (Å²) < 4.78 is 19.6. The Bertz CT molecular complexity index is 406. The second-order valence-corrected chi connectivity index (χ2v) is 10.8. The highest BCUT2D eigenvalue weighted by molar-refractivity contribution is 6.74. The second kappa shape index (κ2) is 4.50. The molecule has 0 aliphatic carbocycles. The molecule has 0 aliphatic rings. The molecule has 5 heteroatoms. The lowest BCUT2D eigenvalue weighted by Crippen LogP contribution is -2.44. The first-order chi connectivity index (χ1) is 7.54. The first kappa shape index (κ1) is 14.3. The number of halogens is 2.